The minimum absolute atomic E-state index is 0.129. The minimum Gasteiger partial charge on any atom is -0.309 e. The van der Waals surface area contributed by atoms with Crippen molar-refractivity contribution in [2.45, 2.75) is 13.0 Å². The molecule has 20 heavy (non-hydrogen) atoms. The van der Waals surface area contributed by atoms with Gasteiger partial charge in [0.15, 0.2) is 0 Å². The van der Waals surface area contributed by atoms with E-state index < -0.39 is 23.5 Å². The van der Waals surface area contributed by atoms with Crippen molar-refractivity contribution in [3.8, 4) is 0 Å². The Bertz CT molecular complexity index is 643. The highest BCUT2D eigenvalue weighted by molar-refractivity contribution is 9.10. The Morgan fingerprint density at radius 1 is 1.10 bits per heavy atom. The highest BCUT2D eigenvalue weighted by atomic mass is 79.9. The van der Waals surface area contributed by atoms with Crippen LogP contribution in [0.3, 0.4) is 0 Å². The van der Waals surface area contributed by atoms with Gasteiger partial charge in [-0.05, 0) is 65.3 Å². The monoisotopic (exact) mass is 343 g/mol. The average molecular weight is 344 g/mol. The van der Waals surface area contributed by atoms with Gasteiger partial charge in [0.1, 0.15) is 17.5 Å². The molecule has 2 aromatic carbocycles. The van der Waals surface area contributed by atoms with E-state index in [1.807, 2.05) is 0 Å². The van der Waals surface area contributed by atoms with Gasteiger partial charge in [0.2, 0.25) is 0 Å². The van der Waals surface area contributed by atoms with E-state index in [9.17, 15) is 13.2 Å². The molecular formula is C15H13BrF3N. The molecule has 0 radical (unpaired) electrons. The highest BCUT2D eigenvalue weighted by Gasteiger charge is 2.23. The van der Waals surface area contributed by atoms with E-state index in [1.165, 1.54) is 24.3 Å². The lowest BCUT2D eigenvalue weighted by Gasteiger charge is -2.21. The fourth-order valence-corrected chi connectivity index (χ4v) is 2.53. The van der Waals surface area contributed by atoms with Crippen molar-refractivity contribution in [1.82, 2.24) is 5.32 Å². The molecule has 0 saturated carbocycles. The lowest BCUT2D eigenvalue weighted by Crippen LogP contribution is -2.21. The molecule has 0 bridgehead atoms. The first-order chi connectivity index (χ1) is 9.45. The maximum absolute atomic E-state index is 14.2. The second-order valence-corrected chi connectivity index (χ2v) is 5.33. The van der Waals surface area contributed by atoms with E-state index in [1.54, 1.807) is 20.0 Å². The third kappa shape index (κ3) is 2.74. The molecule has 0 amide bonds. The van der Waals surface area contributed by atoms with E-state index in [0.29, 0.717) is 5.56 Å². The molecule has 0 aliphatic rings. The largest absolute Gasteiger partial charge is 0.309 e. The van der Waals surface area contributed by atoms with Gasteiger partial charge >= 0.3 is 0 Å². The van der Waals surface area contributed by atoms with Crippen molar-refractivity contribution in [2.24, 2.45) is 0 Å². The van der Waals surface area contributed by atoms with Crippen LogP contribution in [0, 0.1) is 24.4 Å². The Kier molecular flexibility index (Phi) is 4.50. The van der Waals surface area contributed by atoms with Gasteiger partial charge in [-0.25, -0.2) is 13.2 Å². The Labute approximate surface area is 123 Å². The van der Waals surface area contributed by atoms with Crippen LogP contribution in [-0.4, -0.2) is 7.05 Å². The first-order valence-electron chi connectivity index (χ1n) is 6.02. The summed E-state index contributed by atoms with van der Waals surface area (Å²) in [7, 11) is 1.58. The number of hydrogen-bond acceptors (Lipinski definition) is 1. The van der Waals surface area contributed by atoms with Crippen LogP contribution in [0.2, 0.25) is 0 Å². The molecule has 1 atom stereocenters. The van der Waals surface area contributed by atoms with E-state index >= 15 is 0 Å². The van der Waals surface area contributed by atoms with E-state index in [4.69, 9.17) is 0 Å². The van der Waals surface area contributed by atoms with Crippen molar-refractivity contribution in [3.63, 3.8) is 0 Å². The van der Waals surface area contributed by atoms with E-state index in [2.05, 4.69) is 21.2 Å². The zero-order valence-electron chi connectivity index (χ0n) is 11.0. The van der Waals surface area contributed by atoms with Crippen LogP contribution in [0.15, 0.2) is 34.8 Å². The molecule has 0 heterocycles. The predicted molar refractivity (Wildman–Crippen MR) is 76.1 cm³/mol. The van der Waals surface area contributed by atoms with Gasteiger partial charge in [-0.3, -0.25) is 0 Å². The van der Waals surface area contributed by atoms with Crippen LogP contribution in [-0.2, 0) is 0 Å². The molecule has 0 aromatic heterocycles. The van der Waals surface area contributed by atoms with Gasteiger partial charge in [0.25, 0.3) is 0 Å². The second kappa shape index (κ2) is 5.97. The lowest BCUT2D eigenvalue weighted by atomic mass is 9.94. The van der Waals surface area contributed by atoms with Crippen LogP contribution in [0.1, 0.15) is 22.7 Å². The van der Waals surface area contributed by atoms with Gasteiger partial charge in [0, 0.05) is 5.56 Å². The summed E-state index contributed by atoms with van der Waals surface area (Å²) >= 11 is 3.04. The zero-order chi connectivity index (χ0) is 14.9. The number of halogens is 4. The fourth-order valence-electron chi connectivity index (χ4n) is 2.19. The normalized spacial score (nSPS) is 12.5. The summed E-state index contributed by atoms with van der Waals surface area (Å²) in [5.41, 5.74) is 1.13. The Morgan fingerprint density at radius 3 is 2.45 bits per heavy atom. The quantitative estimate of drug-likeness (QED) is 0.810. The summed E-state index contributed by atoms with van der Waals surface area (Å²) in [4.78, 5) is 0. The van der Waals surface area contributed by atoms with Crippen molar-refractivity contribution < 1.29 is 13.2 Å². The topological polar surface area (TPSA) is 12.0 Å². The van der Waals surface area contributed by atoms with E-state index in [-0.39, 0.29) is 10.0 Å². The number of rotatable bonds is 3. The minimum atomic E-state index is -0.761. The molecule has 0 aliphatic heterocycles. The summed E-state index contributed by atoms with van der Waals surface area (Å²) < 4.78 is 41.8. The van der Waals surface area contributed by atoms with Crippen molar-refractivity contribution >= 4 is 15.9 Å². The molecule has 1 unspecified atom stereocenters. The first-order valence-corrected chi connectivity index (χ1v) is 6.81. The van der Waals surface area contributed by atoms with Crippen molar-refractivity contribution in [2.75, 3.05) is 7.05 Å². The third-order valence-electron chi connectivity index (χ3n) is 3.21. The second-order valence-electron chi connectivity index (χ2n) is 4.48. The van der Waals surface area contributed by atoms with Crippen LogP contribution < -0.4 is 5.32 Å². The molecule has 0 spiro atoms. The van der Waals surface area contributed by atoms with Crippen LogP contribution in [0.4, 0.5) is 13.2 Å². The third-order valence-corrected chi connectivity index (χ3v) is 3.82. The van der Waals surface area contributed by atoms with E-state index in [0.717, 1.165) is 5.56 Å². The van der Waals surface area contributed by atoms with Crippen LogP contribution in [0.5, 0.6) is 0 Å². The molecule has 1 N–H and O–H groups in total. The number of aryl methyl sites for hydroxylation is 1. The molecule has 106 valence electrons. The van der Waals surface area contributed by atoms with Gasteiger partial charge < -0.3 is 5.32 Å². The standard InChI is InChI=1S/C15H13BrF3N/c1-8-3-4-9(17)7-10(8)15(20-2)13-12(18)6-5-11(16)14(13)19/h3-7,15,20H,1-2H3. The summed E-state index contributed by atoms with van der Waals surface area (Å²) in [5.74, 6) is -1.80. The maximum atomic E-state index is 14.2. The first kappa shape index (κ1) is 15.1. The molecule has 0 saturated heterocycles. The molecular weight excluding hydrogens is 331 g/mol. The van der Waals surface area contributed by atoms with Gasteiger partial charge in [-0.2, -0.15) is 0 Å². The molecule has 1 nitrogen and oxygen atoms in total. The Balaban J connectivity index is 2.64. The Hall–Kier alpha value is -1.33. The van der Waals surface area contributed by atoms with Crippen molar-refractivity contribution in [1.29, 1.82) is 0 Å². The zero-order valence-corrected chi connectivity index (χ0v) is 12.6. The van der Waals surface area contributed by atoms with Crippen LogP contribution in [0.25, 0.3) is 0 Å². The van der Waals surface area contributed by atoms with Crippen molar-refractivity contribution in [3.05, 3.63) is 68.9 Å². The molecule has 2 rings (SSSR count). The average Bonchev–Trinajstić information content (AvgIpc) is 2.42. The molecule has 5 heteroatoms. The summed E-state index contributed by atoms with van der Waals surface area (Å²) in [6.45, 7) is 1.77. The van der Waals surface area contributed by atoms with Gasteiger partial charge in [0.05, 0.1) is 10.5 Å². The smallest absolute Gasteiger partial charge is 0.145 e. The van der Waals surface area contributed by atoms with Gasteiger partial charge in [-0.1, -0.05) is 6.07 Å². The van der Waals surface area contributed by atoms with Crippen LogP contribution >= 0.6 is 15.9 Å². The highest BCUT2D eigenvalue weighted by Crippen LogP contribution is 2.32. The SMILES string of the molecule is CNC(c1cc(F)ccc1C)c1c(F)ccc(Br)c1F. The number of hydrogen-bond donors (Lipinski definition) is 1. The fraction of sp³-hybridized carbons (Fsp3) is 0.200. The Morgan fingerprint density at radius 2 is 1.80 bits per heavy atom. The predicted octanol–water partition coefficient (Wildman–Crippen LogP) is 4.48. The maximum Gasteiger partial charge on any atom is 0.145 e. The number of benzene rings is 2. The summed E-state index contributed by atoms with van der Waals surface area (Å²) in [6, 6.07) is 5.92. The molecule has 0 fully saturated rings. The summed E-state index contributed by atoms with van der Waals surface area (Å²) in [6.07, 6.45) is 0. The number of nitrogens with one attached hydrogen (secondary N) is 1. The van der Waals surface area contributed by atoms with Gasteiger partial charge in [-0.15, -0.1) is 0 Å². The molecule has 0 aliphatic carbocycles. The lowest BCUT2D eigenvalue weighted by molar-refractivity contribution is 0.516. The summed E-state index contributed by atoms with van der Waals surface area (Å²) in [5, 5.41) is 2.84. The molecule has 2 aromatic rings.